The van der Waals surface area contributed by atoms with E-state index < -0.39 is 26.6 Å². The minimum absolute atomic E-state index is 0.0908. The summed E-state index contributed by atoms with van der Waals surface area (Å²) in [5, 5.41) is 23.5. The zero-order chi connectivity index (χ0) is 15.3. The Kier molecular flexibility index (Phi) is 5.46. The Morgan fingerprint density at radius 2 is 2.10 bits per heavy atom. The number of aliphatic hydroxyl groups excluding tert-OH is 1. The molecule has 0 aliphatic heterocycles. The van der Waals surface area contributed by atoms with E-state index in [2.05, 4.69) is 5.32 Å². The molecule has 0 radical (unpaired) electrons. The topological polar surface area (TPSA) is 110 Å². The zero-order valence-electron chi connectivity index (χ0n) is 11.4. The Morgan fingerprint density at radius 3 is 2.60 bits per heavy atom. The molecule has 1 atom stereocenters. The lowest BCUT2D eigenvalue weighted by Gasteiger charge is -2.13. The summed E-state index contributed by atoms with van der Waals surface area (Å²) in [5.41, 5.74) is -0.397. The molecule has 0 fully saturated rings. The fourth-order valence-electron chi connectivity index (χ4n) is 1.82. The molecule has 0 aliphatic carbocycles. The number of anilines is 1. The second-order valence-electron chi connectivity index (χ2n) is 4.50. The molecule has 1 unspecified atom stereocenters. The van der Waals surface area contributed by atoms with Gasteiger partial charge in [0.25, 0.3) is 0 Å². The van der Waals surface area contributed by atoms with Crippen molar-refractivity contribution in [3.63, 3.8) is 0 Å². The summed E-state index contributed by atoms with van der Waals surface area (Å²) in [6, 6.07) is 4.05. The van der Waals surface area contributed by atoms with Crippen LogP contribution in [0.15, 0.2) is 23.1 Å². The van der Waals surface area contributed by atoms with Crippen LogP contribution < -0.4 is 5.32 Å². The average Bonchev–Trinajstić information content (AvgIpc) is 2.35. The summed E-state index contributed by atoms with van der Waals surface area (Å²) in [6.07, 6.45) is 1.63. The molecule has 0 aliphatic rings. The van der Waals surface area contributed by atoms with Crippen LogP contribution >= 0.6 is 0 Å². The van der Waals surface area contributed by atoms with Gasteiger partial charge in [0.15, 0.2) is 9.84 Å². The third-order valence-electron chi connectivity index (χ3n) is 2.73. The Bertz CT molecular complexity index is 586. The molecule has 7 nitrogen and oxygen atoms in total. The number of sulfone groups is 1. The third-order valence-corrected chi connectivity index (χ3v) is 3.86. The molecule has 2 N–H and O–H groups in total. The number of benzene rings is 1. The molecule has 0 saturated heterocycles. The van der Waals surface area contributed by atoms with Gasteiger partial charge in [0, 0.05) is 12.8 Å². The maximum absolute atomic E-state index is 11.6. The highest BCUT2D eigenvalue weighted by Crippen LogP contribution is 2.31. The van der Waals surface area contributed by atoms with Crippen molar-refractivity contribution < 1.29 is 18.4 Å². The molecule has 0 saturated carbocycles. The molecule has 0 spiro atoms. The van der Waals surface area contributed by atoms with E-state index in [0.717, 1.165) is 12.7 Å². The van der Waals surface area contributed by atoms with Gasteiger partial charge in [-0.3, -0.25) is 10.1 Å². The molecule has 0 aromatic heterocycles. The van der Waals surface area contributed by atoms with Crippen molar-refractivity contribution in [2.75, 3.05) is 18.1 Å². The standard InChI is InChI=1S/C12H18N2O5S/c1-3-5-9(15)8-13-10-6-4-7-11(20(2,18)19)12(10)14(16)17/h4,6-7,9,13,15H,3,5,8H2,1-2H3. The summed E-state index contributed by atoms with van der Waals surface area (Å²) in [5.74, 6) is 0. The summed E-state index contributed by atoms with van der Waals surface area (Å²) < 4.78 is 23.1. The SMILES string of the molecule is CCCC(O)CNc1cccc(S(C)(=O)=O)c1[N+](=O)[O-]. The molecular weight excluding hydrogens is 284 g/mol. The summed E-state index contributed by atoms with van der Waals surface area (Å²) in [6.45, 7) is 2.04. The van der Waals surface area contributed by atoms with Crippen LogP contribution in [-0.4, -0.2) is 37.4 Å². The van der Waals surface area contributed by atoms with E-state index in [1.54, 1.807) is 0 Å². The van der Waals surface area contributed by atoms with Gasteiger partial charge in [-0.1, -0.05) is 19.4 Å². The summed E-state index contributed by atoms with van der Waals surface area (Å²) >= 11 is 0. The first-order chi connectivity index (χ1) is 9.27. The number of nitrogens with zero attached hydrogens (tertiary/aromatic N) is 1. The monoisotopic (exact) mass is 302 g/mol. The molecule has 0 bridgehead atoms. The van der Waals surface area contributed by atoms with Crippen LogP contribution in [0.1, 0.15) is 19.8 Å². The number of hydrogen-bond donors (Lipinski definition) is 2. The van der Waals surface area contributed by atoms with Crippen LogP contribution in [0.2, 0.25) is 0 Å². The van der Waals surface area contributed by atoms with Crippen molar-refractivity contribution in [2.24, 2.45) is 0 Å². The van der Waals surface area contributed by atoms with Crippen molar-refractivity contribution >= 4 is 21.2 Å². The fraction of sp³-hybridized carbons (Fsp3) is 0.500. The number of para-hydroxylation sites is 1. The highest BCUT2D eigenvalue weighted by molar-refractivity contribution is 7.90. The van der Waals surface area contributed by atoms with Gasteiger partial charge in [0.2, 0.25) is 0 Å². The highest BCUT2D eigenvalue weighted by atomic mass is 32.2. The van der Waals surface area contributed by atoms with Crippen LogP contribution in [-0.2, 0) is 9.84 Å². The van der Waals surface area contributed by atoms with Crippen LogP contribution in [0.3, 0.4) is 0 Å². The molecular formula is C12H18N2O5S. The molecule has 0 amide bonds. The lowest BCUT2D eigenvalue weighted by atomic mass is 10.2. The Balaban J connectivity index is 3.11. The van der Waals surface area contributed by atoms with E-state index in [-0.39, 0.29) is 17.1 Å². The van der Waals surface area contributed by atoms with Gasteiger partial charge < -0.3 is 10.4 Å². The Morgan fingerprint density at radius 1 is 1.45 bits per heavy atom. The van der Waals surface area contributed by atoms with Crippen molar-refractivity contribution in [2.45, 2.75) is 30.8 Å². The van der Waals surface area contributed by atoms with Crippen molar-refractivity contribution in [3.8, 4) is 0 Å². The van der Waals surface area contributed by atoms with Gasteiger partial charge in [0.1, 0.15) is 10.6 Å². The quantitative estimate of drug-likeness (QED) is 0.584. The van der Waals surface area contributed by atoms with Gasteiger partial charge in [-0.15, -0.1) is 0 Å². The van der Waals surface area contributed by atoms with Gasteiger partial charge >= 0.3 is 5.69 Å². The molecule has 8 heteroatoms. The lowest BCUT2D eigenvalue weighted by molar-refractivity contribution is -0.386. The van der Waals surface area contributed by atoms with E-state index in [9.17, 15) is 23.6 Å². The first-order valence-corrected chi connectivity index (χ1v) is 8.06. The first-order valence-electron chi connectivity index (χ1n) is 6.16. The first kappa shape index (κ1) is 16.4. The number of nitro benzene ring substituents is 1. The average molecular weight is 302 g/mol. The minimum atomic E-state index is -3.69. The predicted octanol–water partition coefficient (Wildman–Crippen LogP) is 1.57. The van der Waals surface area contributed by atoms with E-state index in [4.69, 9.17) is 0 Å². The van der Waals surface area contributed by atoms with E-state index in [1.165, 1.54) is 18.2 Å². The van der Waals surface area contributed by atoms with Gasteiger partial charge in [-0.2, -0.15) is 0 Å². The Labute approximate surface area is 117 Å². The van der Waals surface area contributed by atoms with E-state index in [0.29, 0.717) is 6.42 Å². The number of hydrogen-bond acceptors (Lipinski definition) is 6. The number of aliphatic hydroxyl groups is 1. The van der Waals surface area contributed by atoms with Gasteiger partial charge in [-0.25, -0.2) is 8.42 Å². The molecule has 1 aromatic rings. The van der Waals surface area contributed by atoms with Gasteiger partial charge in [0.05, 0.1) is 11.0 Å². The Hall–Kier alpha value is -1.67. The van der Waals surface area contributed by atoms with Crippen LogP contribution in [0.4, 0.5) is 11.4 Å². The van der Waals surface area contributed by atoms with E-state index >= 15 is 0 Å². The summed E-state index contributed by atoms with van der Waals surface area (Å²) in [7, 11) is -3.69. The zero-order valence-corrected chi connectivity index (χ0v) is 12.2. The predicted molar refractivity (Wildman–Crippen MR) is 75.6 cm³/mol. The summed E-state index contributed by atoms with van der Waals surface area (Å²) in [4.78, 5) is 10.0. The van der Waals surface area contributed by atoms with Crippen molar-refractivity contribution in [1.29, 1.82) is 0 Å². The number of nitrogens with one attached hydrogen (secondary N) is 1. The maximum atomic E-state index is 11.6. The molecule has 0 heterocycles. The smallest absolute Gasteiger partial charge is 0.310 e. The van der Waals surface area contributed by atoms with Crippen LogP contribution in [0, 0.1) is 10.1 Å². The maximum Gasteiger partial charge on any atom is 0.310 e. The van der Waals surface area contributed by atoms with Gasteiger partial charge in [-0.05, 0) is 18.6 Å². The second kappa shape index (κ2) is 6.67. The minimum Gasteiger partial charge on any atom is -0.391 e. The van der Waals surface area contributed by atoms with Crippen LogP contribution in [0.25, 0.3) is 0 Å². The molecule has 1 aromatic carbocycles. The van der Waals surface area contributed by atoms with Crippen molar-refractivity contribution in [3.05, 3.63) is 28.3 Å². The van der Waals surface area contributed by atoms with Crippen molar-refractivity contribution in [1.82, 2.24) is 0 Å². The van der Waals surface area contributed by atoms with Crippen LogP contribution in [0.5, 0.6) is 0 Å². The normalized spacial score (nSPS) is 12.9. The highest BCUT2D eigenvalue weighted by Gasteiger charge is 2.26. The largest absolute Gasteiger partial charge is 0.391 e. The number of nitro groups is 1. The molecule has 1 rings (SSSR count). The lowest BCUT2D eigenvalue weighted by Crippen LogP contribution is -2.20. The second-order valence-corrected chi connectivity index (χ2v) is 6.49. The molecule has 20 heavy (non-hydrogen) atoms. The molecule has 112 valence electrons. The van der Waals surface area contributed by atoms with E-state index in [1.807, 2.05) is 6.92 Å². The fourth-order valence-corrected chi connectivity index (χ4v) is 2.68. The number of rotatable bonds is 7. The third kappa shape index (κ3) is 4.17.